The number of benzene rings is 1. The van der Waals surface area contributed by atoms with Crippen molar-refractivity contribution < 1.29 is 0 Å². The van der Waals surface area contributed by atoms with Gasteiger partial charge in [0.1, 0.15) is 0 Å². The van der Waals surface area contributed by atoms with Gasteiger partial charge in [-0.2, -0.15) is 0 Å². The summed E-state index contributed by atoms with van der Waals surface area (Å²) in [7, 11) is 0. The summed E-state index contributed by atoms with van der Waals surface area (Å²) in [6, 6.07) is 14.0. The van der Waals surface area contributed by atoms with Gasteiger partial charge in [-0.05, 0) is 25.0 Å². The van der Waals surface area contributed by atoms with Crippen LogP contribution < -0.4 is 5.56 Å². The van der Waals surface area contributed by atoms with E-state index in [2.05, 4.69) is 13.8 Å². The van der Waals surface area contributed by atoms with Crippen molar-refractivity contribution in [3.8, 4) is 11.3 Å². The lowest BCUT2D eigenvalue weighted by Gasteiger charge is -2.19. The molecule has 1 heterocycles. The van der Waals surface area contributed by atoms with Gasteiger partial charge in [-0.1, -0.05) is 43.3 Å². The summed E-state index contributed by atoms with van der Waals surface area (Å²) >= 11 is 5.84. The highest BCUT2D eigenvalue weighted by atomic mass is 35.5. The summed E-state index contributed by atoms with van der Waals surface area (Å²) in [5.74, 6) is 0.254. The van der Waals surface area contributed by atoms with Crippen LogP contribution in [0.2, 0.25) is 0 Å². The van der Waals surface area contributed by atoms with E-state index in [0.29, 0.717) is 5.56 Å². The monoisotopic (exact) mass is 275 g/mol. The third kappa shape index (κ3) is 2.74. The summed E-state index contributed by atoms with van der Waals surface area (Å²) in [4.78, 5) is 12.5. The highest BCUT2D eigenvalue weighted by Gasteiger charge is 2.13. The van der Waals surface area contributed by atoms with Crippen LogP contribution in [0.15, 0.2) is 47.3 Å². The molecule has 0 aliphatic heterocycles. The van der Waals surface area contributed by atoms with Crippen molar-refractivity contribution in [1.29, 1.82) is 0 Å². The zero-order valence-electron chi connectivity index (χ0n) is 11.3. The molecule has 2 nitrogen and oxygen atoms in total. The fourth-order valence-corrected chi connectivity index (χ4v) is 2.36. The van der Waals surface area contributed by atoms with E-state index in [0.717, 1.165) is 17.7 Å². The predicted octanol–water partition coefficient (Wildman–Crippen LogP) is 4.23. The van der Waals surface area contributed by atoms with Gasteiger partial charge >= 0.3 is 0 Å². The topological polar surface area (TPSA) is 22.0 Å². The Kier molecular flexibility index (Phi) is 4.43. The fraction of sp³-hybridized carbons (Fsp3) is 0.312. The Morgan fingerprint density at radius 3 is 2.42 bits per heavy atom. The molecule has 0 saturated heterocycles. The SMILES string of the molecule is CCC(C)n1c(-c2ccccc2)ccc(CCl)c1=O. The van der Waals surface area contributed by atoms with Gasteiger partial charge in [0.15, 0.2) is 0 Å². The van der Waals surface area contributed by atoms with Crippen molar-refractivity contribution >= 4 is 11.6 Å². The predicted molar refractivity (Wildman–Crippen MR) is 80.7 cm³/mol. The molecule has 0 amide bonds. The minimum atomic E-state index is 0.0192. The maximum absolute atomic E-state index is 12.5. The van der Waals surface area contributed by atoms with Crippen LogP contribution in [0.25, 0.3) is 11.3 Å². The molecule has 0 fully saturated rings. The van der Waals surface area contributed by atoms with Crippen LogP contribution in [0.3, 0.4) is 0 Å². The highest BCUT2D eigenvalue weighted by Crippen LogP contribution is 2.22. The number of pyridine rings is 1. The summed E-state index contributed by atoms with van der Waals surface area (Å²) in [5.41, 5.74) is 2.68. The molecule has 2 aromatic rings. The largest absolute Gasteiger partial charge is 0.305 e. The number of halogens is 1. The molecule has 0 saturated carbocycles. The minimum Gasteiger partial charge on any atom is -0.305 e. The lowest BCUT2D eigenvalue weighted by molar-refractivity contribution is 0.517. The van der Waals surface area contributed by atoms with Gasteiger partial charge in [-0.3, -0.25) is 4.79 Å². The second-order valence-electron chi connectivity index (χ2n) is 4.68. The lowest BCUT2D eigenvalue weighted by Crippen LogP contribution is -2.27. The highest BCUT2D eigenvalue weighted by molar-refractivity contribution is 6.17. The Morgan fingerprint density at radius 1 is 1.16 bits per heavy atom. The molecule has 19 heavy (non-hydrogen) atoms. The summed E-state index contributed by atoms with van der Waals surface area (Å²) in [6.45, 7) is 4.14. The molecule has 0 radical (unpaired) electrons. The van der Waals surface area contributed by atoms with E-state index in [9.17, 15) is 4.79 Å². The summed E-state index contributed by atoms with van der Waals surface area (Å²) < 4.78 is 1.85. The normalized spacial score (nSPS) is 12.4. The first-order valence-electron chi connectivity index (χ1n) is 6.54. The lowest BCUT2D eigenvalue weighted by atomic mass is 10.1. The van der Waals surface area contributed by atoms with Crippen LogP contribution in [0, 0.1) is 0 Å². The van der Waals surface area contributed by atoms with Gasteiger partial charge in [0, 0.05) is 11.6 Å². The number of nitrogens with zero attached hydrogens (tertiary/aromatic N) is 1. The zero-order chi connectivity index (χ0) is 13.8. The van der Waals surface area contributed by atoms with Gasteiger partial charge in [0.05, 0.1) is 11.6 Å². The van der Waals surface area contributed by atoms with Crippen LogP contribution in [0.5, 0.6) is 0 Å². The van der Waals surface area contributed by atoms with Crippen LogP contribution in [-0.2, 0) is 5.88 Å². The van der Waals surface area contributed by atoms with E-state index in [4.69, 9.17) is 11.6 Å². The van der Waals surface area contributed by atoms with E-state index in [-0.39, 0.29) is 17.5 Å². The maximum Gasteiger partial charge on any atom is 0.255 e. The average molecular weight is 276 g/mol. The van der Waals surface area contributed by atoms with Gasteiger partial charge in [0.2, 0.25) is 0 Å². The van der Waals surface area contributed by atoms with Crippen molar-refractivity contribution in [3.63, 3.8) is 0 Å². The van der Waals surface area contributed by atoms with Crippen LogP contribution in [-0.4, -0.2) is 4.57 Å². The molecule has 0 spiro atoms. The Balaban J connectivity index is 2.68. The second kappa shape index (κ2) is 6.07. The summed E-state index contributed by atoms with van der Waals surface area (Å²) in [6.07, 6.45) is 0.908. The Labute approximate surface area is 118 Å². The fourth-order valence-electron chi connectivity index (χ4n) is 2.16. The van der Waals surface area contributed by atoms with Crippen molar-refractivity contribution in [3.05, 3.63) is 58.4 Å². The van der Waals surface area contributed by atoms with E-state index in [1.165, 1.54) is 0 Å². The number of hydrogen-bond acceptors (Lipinski definition) is 1. The number of alkyl halides is 1. The first-order chi connectivity index (χ1) is 9.19. The zero-order valence-corrected chi connectivity index (χ0v) is 12.0. The third-order valence-corrected chi connectivity index (χ3v) is 3.73. The van der Waals surface area contributed by atoms with Gasteiger partial charge in [-0.25, -0.2) is 0 Å². The number of rotatable bonds is 4. The molecule has 1 atom stereocenters. The molecule has 2 rings (SSSR count). The molecule has 0 aliphatic carbocycles. The van der Waals surface area contributed by atoms with Gasteiger partial charge in [-0.15, -0.1) is 11.6 Å². The van der Waals surface area contributed by atoms with Crippen molar-refractivity contribution in [2.45, 2.75) is 32.2 Å². The van der Waals surface area contributed by atoms with E-state index in [1.807, 2.05) is 47.0 Å². The number of hydrogen-bond donors (Lipinski definition) is 0. The van der Waals surface area contributed by atoms with Crippen LogP contribution in [0.1, 0.15) is 31.9 Å². The first-order valence-corrected chi connectivity index (χ1v) is 7.08. The van der Waals surface area contributed by atoms with Crippen molar-refractivity contribution in [2.75, 3.05) is 0 Å². The molecule has 3 heteroatoms. The third-order valence-electron chi connectivity index (χ3n) is 3.44. The Hall–Kier alpha value is -1.54. The molecule has 0 bridgehead atoms. The van der Waals surface area contributed by atoms with Gasteiger partial charge in [0.25, 0.3) is 5.56 Å². The minimum absolute atomic E-state index is 0.0192. The Bertz CT molecular complexity index is 604. The van der Waals surface area contributed by atoms with E-state index < -0.39 is 0 Å². The molecular formula is C16H18ClNO. The molecule has 0 aliphatic rings. The first kappa shape index (κ1) is 13.9. The standard InChI is InChI=1S/C16H18ClNO/c1-3-12(2)18-15(13-7-5-4-6-8-13)10-9-14(11-17)16(18)19/h4-10,12H,3,11H2,1-2H3. The van der Waals surface area contributed by atoms with Crippen molar-refractivity contribution in [1.82, 2.24) is 4.57 Å². The van der Waals surface area contributed by atoms with Crippen LogP contribution in [0.4, 0.5) is 0 Å². The molecule has 1 unspecified atom stereocenters. The molecule has 1 aromatic carbocycles. The average Bonchev–Trinajstić information content (AvgIpc) is 2.47. The molecule has 1 aromatic heterocycles. The Morgan fingerprint density at radius 2 is 1.84 bits per heavy atom. The smallest absolute Gasteiger partial charge is 0.255 e. The van der Waals surface area contributed by atoms with Gasteiger partial charge < -0.3 is 4.57 Å². The maximum atomic E-state index is 12.5. The number of aromatic nitrogens is 1. The molecule has 100 valence electrons. The van der Waals surface area contributed by atoms with Crippen LogP contribution >= 0.6 is 11.6 Å². The molecule has 0 N–H and O–H groups in total. The molecular weight excluding hydrogens is 258 g/mol. The van der Waals surface area contributed by atoms with E-state index in [1.54, 1.807) is 0 Å². The quantitative estimate of drug-likeness (QED) is 0.766. The second-order valence-corrected chi connectivity index (χ2v) is 4.94. The summed E-state index contributed by atoms with van der Waals surface area (Å²) in [5, 5.41) is 0. The van der Waals surface area contributed by atoms with Crippen molar-refractivity contribution in [2.24, 2.45) is 0 Å². The van der Waals surface area contributed by atoms with E-state index >= 15 is 0 Å².